The Morgan fingerprint density at radius 1 is 1.38 bits per heavy atom. The third-order valence-corrected chi connectivity index (χ3v) is 2.05. The first-order valence-electron chi connectivity index (χ1n) is 4.57. The predicted octanol–water partition coefficient (Wildman–Crippen LogP) is 0.636. The first-order chi connectivity index (χ1) is 7.70. The maximum Gasteiger partial charge on any atom is 0.360 e. The fraction of sp³-hybridized carbons (Fsp3) is 0.100. The van der Waals surface area contributed by atoms with Crippen molar-refractivity contribution in [3.8, 4) is 5.69 Å². The fourth-order valence-electron chi connectivity index (χ4n) is 1.22. The van der Waals surface area contributed by atoms with E-state index in [-0.39, 0.29) is 5.69 Å². The number of esters is 1. The number of benzene rings is 1. The van der Waals surface area contributed by atoms with Crippen molar-refractivity contribution in [2.24, 2.45) is 0 Å². The highest BCUT2D eigenvalue weighted by Crippen LogP contribution is 2.10. The van der Waals surface area contributed by atoms with Gasteiger partial charge in [-0.25, -0.2) is 9.48 Å². The third kappa shape index (κ3) is 1.85. The van der Waals surface area contributed by atoms with Crippen LogP contribution in [0.3, 0.4) is 0 Å². The molecule has 0 aliphatic carbocycles. The lowest BCUT2D eigenvalue weighted by Crippen LogP contribution is -2.01. The topological polar surface area (TPSA) is 83.0 Å². The van der Waals surface area contributed by atoms with Crippen LogP contribution in [0.25, 0.3) is 5.69 Å². The molecule has 2 N–H and O–H groups in total. The van der Waals surface area contributed by atoms with Crippen LogP contribution >= 0.6 is 0 Å². The molecule has 1 heterocycles. The zero-order valence-corrected chi connectivity index (χ0v) is 8.62. The summed E-state index contributed by atoms with van der Waals surface area (Å²) in [7, 11) is 1.30. The standard InChI is InChI=1S/C10H10N4O2/c1-16-10(15)9-6-14(13-12-9)8-4-2-7(11)3-5-8/h2-6H,11H2,1H3. The number of nitrogens with two attached hydrogens (primary N) is 1. The van der Waals surface area contributed by atoms with Crippen LogP contribution in [0, 0.1) is 0 Å². The van der Waals surface area contributed by atoms with Gasteiger partial charge in [0.15, 0.2) is 5.69 Å². The SMILES string of the molecule is COC(=O)c1cn(-c2ccc(N)cc2)nn1. The highest BCUT2D eigenvalue weighted by atomic mass is 16.5. The molecule has 82 valence electrons. The highest BCUT2D eigenvalue weighted by Gasteiger charge is 2.10. The van der Waals surface area contributed by atoms with Crippen molar-refractivity contribution in [1.82, 2.24) is 15.0 Å². The number of ether oxygens (including phenoxy) is 1. The van der Waals surface area contributed by atoms with Gasteiger partial charge in [0.1, 0.15) is 0 Å². The number of methoxy groups -OCH3 is 1. The van der Waals surface area contributed by atoms with E-state index in [2.05, 4.69) is 15.0 Å². The molecular weight excluding hydrogens is 208 g/mol. The largest absolute Gasteiger partial charge is 0.464 e. The zero-order valence-electron chi connectivity index (χ0n) is 8.62. The van der Waals surface area contributed by atoms with Gasteiger partial charge in [0.25, 0.3) is 0 Å². The minimum atomic E-state index is -0.512. The van der Waals surface area contributed by atoms with Crippen molar-refractivity contribution in [3.05, 3.63) is 36.2 Å². The minimum absolute atomic E-state index is 0.166. The molecule has 6 nitrogen and oxygen atoms in total. The Balaban J connectivity index is 2.31. The second kappa shape index (κ2) is 4.01. The summed E-state index contributed by atoms with van der Waals surface area (Å²) in [6.45, 7) is 0. The maximum absolute atomic E-state index is 11.2. The normalized spacial score (nSPS) is 10.1. The molecule has 2 aromatic rings. The molecule has 0 amide bonds. The first-order valence-corrected chi connectivity index (χ1v) is 4.57. The molecule has 1 aromatic heterocycles. The van der Waals surface area contributed by atoms with Crippen molar-refractivity contribution in [2.45, 2.75) is 0 Å². The highest BCUT2D eigenvalue weighted by molar-refractivity contribution is 5.86. The summed E-state index contributed by atoms with van der Waals surface area (Å²) in [4.78, 5) is 11.2. The lowest BCUT2D eigenvalue weighted by molar-refractivity contribution is 0.0594. The summed E-state index contributed by atoms with van der Waals surface area (Å²) in [5, 5.41) is 7.50. The molecule has 0 atom stereocenters. The molecule has 6 heteroatoms. The summed E-state index contributed by atoms with van der Waals surface area (Å²) in [5.41, 5.74) is 7.17. The summed E-state index contributed by atoms with van der Waals surface area (Å²) in [6, 6.07) is 7.06. The van der Waals surface area contributed by atoms with Crippen LogP contribution in [0.15, 0.2) is 30.5 Å². The van der Waals surface area contributed by atoms with Crippen molar-refractivity contribution in [2.75, 3.05) is 12.8 Å². The van der Waals surface area contributed by atoms with Crippen LogP contribution in [0.2, 0.25) is 0 Å². The molecule has 16 heavy (non-hydrogen) atoms. The second-order valence-corrected chi connectivity index (χ2v) is 3.13. The summed E-state index contributed by atoms with van der Waals surface area (Å²) < 4.78 is 6.01. The van der Waals surface area contributed by atoms with Crippen molar-refractivity contribution in [1.29, 1.82) is 0 Å². The number of nitrogen functional groups attached to an aromatic ring is 1. The number of rotatable bonds is 2. The number of carbonyl (C=O) groups excluding carboxylic acids is 1. The second-order valence-electron chi connectivity index (χ2n) is 3.13. The number of hydrogen-bond acceptors (Lipinski definition) is 5. The Bertz CT molecular complexity index is 504. The average Bonchev–Trinajstić information content (AvgIpc) is 2.78. The Morgan fingerprint density at radius 3 is 2.69 bits per heavy atom. The molecule has 1 aromatic carbocycles. The maximum atomic E-state index is 11.2. The van der Waals surface area contributed by atoms with Gasteiger partial charge in [0.2, 0.25) is 0 Å². The molecular formula is C10H10N4O2. The van der Waals surface area contributed by atoms with Crippen LogP contribution in [0.5, 0.6) is 0 Å². The number of anilines is 1. The van der Waals surface area contributed by atoms with Gasteiger partial charge in [-0.15, -0.1) is 5.10 Å². The molecule has 0 aliphatic rings. The molecule has 0 unspecified atom stereocenters. The average molecular weight is 218 g/mol. The molecule has 0 spiro atoms. The van der Waals surface area contributed by atoms with E-state index in [1.165, 1.54) is 18.0 Å². The number of hydrogen-bond donors (Lipinski definition) is 1. The van der Waals surface area contributed by atoms with E-state index in [0.717, 1.165) is 5.69 Å². The summed E-state index contributed by atoms with van der Waals surface area (Å²) in [6.07, 6.45) is 1.50. The molecule has 2 rings (SSSR count). The van der Waals surface area contributed by atoms with Crippen molar-refractivity contribution < 1.29 is 9.53 Å². The van der Waals surface area contributed by atoms with Gasteiger partial charge in [0, 0.05) is 5.69 Å². The Kier molecular flexibility index (Phi) is 2.55. The van der Waals surface area contributed by atoms with E-state index < -0.39 is 5.97 Å². The first kappa shape index (κ1) is 10.2. The fourth-order valence-corrected chi connectivity index (χ4v) is 1.22. The van der Waals surface area contributed by atoms with Crippen LogP contribution in [0.4, 0.5) is 5.69 Å². The quantitative estimate of drug-likeness (QED) is 0.590. The van der Waals surface area contributed by atoms with E-state index in [1.54, 1.807) is 24.3 Å². The lowest BCUT2D eigenvalue weighted by Gasteiger charge is -1.99. The Labute approximate surface area is 91.6 Å². The van der Waals surface area contributed by atoms with Gasteiger partial charge in [-0.05, 0) is 24.3 Å². The predicted molar refractivity (Wildman–Crippen MR) is 57.1 cm³/mol. The van der Waals surface area contributed by atoms with E-state index >= 15 is 0 Å². The van der Waals surface area contributed by atoms with Gasteiger partial charge in [-0.1, -0.05) is 5.21 Å². The Morgan fingerprint density at radius 2 is 2.06 bits per heavy atom. The van der Waals surface area contributed by atoms with Gasteiger partial charge >= 0.3 is 5.97 Å². The van der Waals surface area contributed by atoms with Crippen LogP contribution in [-0.4, -0.2) is 28.1 Å². The van der Waals surface area contributed by atoms with E-state index in [4.69, 9.17) is 5.73 Å². The van der Waals surface area contributed by atoms with Crippen LogP contribution < -0.4 is 5.73 Å². The Hall–Kier alpha value is -2.37. The van der Waals surface area contributed by atoms with E-state index in [9.17, 15) is 4.79 Å². The zero-order chi connectivity index (χ0) is 11.5. The molecule has 0 saturated carbocycles. The van der Waals surface area contributed by atoms with Crippen LogP contribution in [0.1, 0.15) is 10.5 Å². The molecule has 0 saturated heterocycles. The molecule has 0 radical (unpaired) electrons. The minimum Gasteiger partial charge on any atom is -0.464 e. The summed E-state index contributed by atoms with van der Waals surface area (Å²) in [5.74, 6) is -0.512. The van der Waals surface area contributed by atoms with Gasteiger partial charge < -0.3 is 10.5 Å². The monoisotopic (exact) mass is 218 g/mol. The lowest BCUT2D eigenvalue weighted by atomic mass is 10.3. The molecule has 0 bridgehead atoms. The third-order valence-electron chi connectivity index (χ3n) is 2.05. The molecule has 0 aliphatic heterocycles. The van der Waals surface area contributed by atoms with Gasteiger partial charge in [0.05, 0.1) is 19.0 Å². The smallest absolute Gasteiger partial charge is 0.360 e. The van der Waals surface area contributed by atoms with Crippen molar-refractivity contribution >= 4 is 11.7 Å². The number of nitrogens with zero attached hydrogens (tertiary/aromatic N) is 3. The summed E-state index contributed by atoms with van der Waals surface area (Å²) >= 11 is 0. The van der Waals surface area contributed by atoms with E-state index in [0.29, 0.717) is 5.69 Å². The van der Waals surface area contributed by atoms with Gasteiger partial charge in [-0.2, -0.15) is 0 Å². The van der Waals surface area contributed by atoms with E-state index in [1.807, 2.05) is 0 Å². The van der Waals surface area contributed by atoms with Crippen LogP contribution in [-0.2, 0) is 4.74 Å². The molecule has 0 fully saturated rings. The van der Waals surface area contributed by atoms with Gasteiger partial charge in [-0.3, -0.25) is 0 Å². The number of aromatic nitrogens is 3. The number of carbonyl (C=O) groups is 1. The van der Waals surface area contributed by atoms with Crippen molar-refractivity contribution in [3.63, 3.8) is 0 Å².